The van der Waals surface area contributed by atoms with Crippen molar-refractivity contribution in [3.63, 3.8) is 0 Å². The number of carbonyl (C=O) groups is 3. The number of rotatable bonds is 58. The molecule has 6 heteroatoms. The average molecular weight is 1020 g/mol. The molecule has 0 saturated heterocycles. The molecule has 0 rings (SSSR count). The fourth-order valence-electron chi connectivity index (χ4n) is 9.19. The van der Waals surface area contributed by atoms with Crippen LogP contribution in [0.15, 0.2) is 60.8 Å². The first-order valence-corrected chi connectivity index (χ1v) is 31.8. The van der Waals surface area contributed by atoms with Gasteiger partial charge < -0.3 is 14.2 Å². The molecule has 1 atom stereocenters. The quantitative estimate of drug-likeness (QED) is 0.0261. The molecule has 0 aromatic carbocycles. The first-order valence-electron chi connectivity index (χ1n) is 31.8. The molecule has 0 spiro atoms. The van der Waals surface area contributed by atoms with Gasteiger partial charge in [0.05, 0.1) is 0 Å². The van der Waals surface area contributed by atoms with E-state index in [4.69, 9.17) is 14.2 Å². The van der Waals surface area contributed by atoms with E-state index in [0.29, 0.717) is 19.3 Å². The van der Waals surface area contributed by atoms with E-state index in [0.717, 1.165) is 83.5 Å². The molecular weight excluding hydrogens is 901 g/mol. The molecule has 0 aliphatic rings. The number of esters is 3. The topological polar surface area (TPSA) is 78.9 Å². The van der Waals surface area contributed by atoms with Gasteiger partial charge in [0.15, 0.2) is 6.10 Å². The van der Waals surface area contributed by atoms with Crippen LogP contribution in [0.5, 0.6) is 0 Å². The summed E-state index contributed by atoms with van der Waals surface area (Å²) in [7, 11) is 0. The largest absolute Gasteiger partial charge is 0.462 e. The molecule has 0 aliphatic heterocycles. The zero-order chi connectivity index (χ0) is 52.9. The summed E-state index contributed by atoms with van der Waals surface area (Å²) < 4.78 is 16.9. The van der Waals surface area contributed by atoms with Gasteiger partial charge in [0, 0.05) is 19.3 Å². The summed E-state index contributed by atoms with van der Waals surface area (Å²) in [5.74, 6) is -0.901. The number of ether oxygens (including phenoxy) is 3. The molecule has 0 saturated carbocycles. The van der Waals surface area contributed by atoms with Gasteiger partial charge in [0.2, 0.25) is 0 Å². The second-order valence-electron chi connectivity index (χ2n) is 21.3. The Hall–Kier alpha value is -2.89. The minimum Gasteiger partial charge on any atom is -0.462 e. The first kappa shape index (κ1) is 70.1. The Bertz CT molecular complexity index is 1310. The number of carbonyl (C=O) groups excluding carboxylic acids is 3. The van der Waals surface area contributed by atoms with E-state index >= 15 is 0 Å². The van der Waals surface area contributed by atoms with Crippen LogP contribution in [0.1, 0.15) is 329 Å². The molecule has 0 amide bonds. The van der Waals surface area contributed by atoms with Crippen molar-refractivity contribution in [3.05, 3.63) is 60.8 Å². The molecule has 0 radical (unpaired) electrons. The van der Waals surface area contributed by atoms with Crippen LogP contribution in [-0.4, -0.2) is 37.2 Å². The lowest BCUT2D eigenvalue weighted by atomic mass is 10.0. The number of hydrogen-bond acceptors (Lipinski definition) is 6. The van der Waals surface area contributed by atoms with Crippen LogP contribution in [0.25, 0.3) is 0 Å². The molecule has 0 unspecified atom stereocenters. The summed E-state index contributed by atoms with van der Waals surface area (Å²) in [6, 6.07) is 0. The maximum atomic E-state index is 12.9. The van der Waals surface area contributed by atoms with E-state index in [9.17, 15) is 14.4 Å². The maximum absolute atomic E-state index is 12.9. The number of allylic oxidation sites excluding steroid dienone is 10. The van der Waals surface area contributed by atoms with Crippen molar-refractivity contribution in [2.75, 3.05) is 13.2 Å². The van der Waals surface area contributed by atoms with Crippen LogP contribution in [-0.2, 0) is 28.6 Å². The van der Waals surface area contributed by atoms with Crippen LogP contribution in [0.2, 0.25) is 0 Å². The second kappa shape index (κ2) is 61.7. The predicted molar refractivity (Wildman–Crippen MR) is 316 cm³/mol. The minimum absolute atomic E-state index is 0.0838. The fraction of sp³-hybridized carbons (Fsp3) is 0.806. The van der Waals surface area contributed by atoms with Gasteiger partial charge in [-0.25, -0.2) is 0 Å². The SMILES string of the molecule is CCCCC/C=C\C/C=C\C/C=C\C/C=C\CCCCCC(=O)OC[C@@H](COC(=O)CCCCCCCCC/C=C\CCCCCCCC)OC(=O)CCCCCCCCCCCCCCCCCCCCC. The highest BCUT2D eigenvalue weighted by molar-refractivity contribution is 5.71. The fourth-order valence-corrected chi connectivity index (χ4v) is 9.19. The van der Waals surface area contributed by atoms with Crippen molar-refractivity contribution in [2.24, 2.45) is 0 Å². The van der Waals surface area contributed by atoms with E-state index in [1.54, 1.807) is 0 Å². The van der Waals surface area contributed by atoms with Crippen molar-refractivity contribution in [2.45, 2.75) is 335 Å². The summed E-state index contributed by atoms with van der Waals surface area (Å²) in [4.78, 5) is 38.3. The van der Waals surface area contributed by atoms with Gasteiger partial charge in [-0.1, -0.05) is 281 Å². The molecule has 0 heterocycles. The third-order valence-corrected chi connectivity index (χ3v) is 14.0. The zero-order valence-corrected chi connectivity index (χ0v) is 48.7. The summed E-state index contributed by atoms with van der Waals surface area (Å²) in [5.41, 5.74) is 0. The maximum Gasteiger partial charge on any atom is 0.306 e. The van der Waals surface area contributed by atoms with Gasteiger partial charge in [-0.2, -0.15) is 0 Å². The van der Waals surface area contributed by atoms with E-state index in [2.05, 4.69) is 81.5 Å². The highest BCUT2D eigenvalue weighted by Gasteiger charge is 2.19. The number of hydrogen-bond donors (Lipinski definition) is 0. The molecule has 0 bridgehead atoms. The van der Waals surface area contributed by atoms with Crippen LogP contribution < -0.4 is 0 Å². The summed E-state index contributed by atoms with van der Waals surface area (Å²) >= 11 is 0. The number of unbranched alkanes of at least 4 members (excludes halogenated alkanes) is 37. The van der Waals surface area contributed by atoms with Gasteiger partial charge in [-0.05, 0) is 89.9 Å². The smallest absolute Gasteiger partial charge is 0.306 e. The normalized spacial score (nSPS) is 12.4. The lowest BCUT2D eigenvalue weighted by Gasteiger charge is -2.18. The second-order valence-corrected chi connectivity index (χ2v) is 21.3. The Morgan fingerprint density at radius 2 is 0.493 bits per heavy atom. The van der Waals surface area contributed by atoms with E-state index in [1.807, 2.05) is 0 Å². The lowest BCUT2D eigenvalue weighted by Crippen LogP contribution is -2.30. The van der Waals surface area contributed by atoms with Gasteiger partial charge in [-0.3, -0.25) is 14.4 Å². The highest BCUT2D eigenvalue weighted by atomic mass is 16.6. The Kier molecular flexibility index (Phi) is 59.2. The van der Waals surface area contributed by atoms with Crippen LogP contribution >= 0.6 is 0 Å². The Morgan fingerprint density at radius 3 is 0.822 bits per heavy atom. The monoisotopic (exact) mass is 1020 g/mol. The molecule has 0 aliphatic carbocycles. The van der Waals surface area contributed by atoms with Crippen LogP contribution in [0.3, 0.4) is 0 Å². The van der Waals surface area contributed by atoms with E-state index in [1.165, 1.54) is 205 Å². The molecule has 0 N–H and O–H groups in total. The summed E-state index contributed by atoms with van der Waals surface area (Å²) in [6.45, 7) is 6.63. The Morgan fingerprint density at radius 1 is 0.274 bits per heavy atom. The van der Waals surface area contributed by atoms with Gasteiger partial charge in [0.25, 0.3) is 0 Å². The third-order valence-electron chi connectivity index (χ3n) is 14.0. The molecular formula is C67H120O6. The molecule has 0 fully saturated rings. The molecule has 424 valence electrons. The van der Waals surface area contributed by atoms with Crippen molar-refractivity contribution in [1.82, 2.24) is 0 Å². The van der Waals surface area contributed by atoms with E-state index < -0.39 is 6.10 Å². The van der Waals surface area contributed by atoms with Crippen molar-refractivity contribution < 1.29 is 28.6 Å². The van der Waals surface area contributed by atoms with Crippen LogP contribution in [0.4, 0.5) is 0 Å². The standard InChI is InChI=1S/C67H120O6/c1-4-7-10-13-16-19-22-25-28-31-33-36-39-42-45-48-51-54-57-60-66(69)72-63-64(62-71-65(68)59-56-53-50-47-44-41-38-35-30-27-24-21-18-15-12-9-6-3)73-67(70)61-58-55-52-49-46-43-40-37-34-32-29-26-23-20-17-14-11-8-5-2/h16,19,25,27-28,30,33,36,42,45,64H,4-15,17-18,20-24,26,29,31-32,34-35,37-41,43-44,46-63H2,1-3H3/b19-16-,28-25-,30-27-,36-33-,45-42-/t64-/m1/s1. The molecule has 0 aromatic heterocycles. The Labute approximate surface area is 453 Å². The summed E-state index contributed by atoms with van der Waals surface area (Å²) in [6.07, 6.45) is 77.9. The molecule has 0 aromatic rings. The average Bonchev–Trinajstić information content (AvgIpc) is 3.39. The van der Waals surface area contributed by atoms with Crippen molar-refractivity contribution in [1.29, 1.82) is 0 Å². The van der Waals surface area contributed by atoms with Crippen molar-refractivity contribution in [3.8, 4) is 0 Å². The first-order chi connectivity index (χ1) is 36.0. The molecule has 73 heavy (non-hydrogen) atoms. The van der Waals surface area contributed by atoms with E-state index in [-0.39, 0.29) is 31.1 Å². The van der Waals surface area contributed by atoms with Gasteiger partial charge >= 0.3 is 17.9 Å². The van der Waals surface area contributed by atoms with Gasteiger partial charge in [-0.15, -0.1) is 0 Å². The van der Waals surface area contributed by atoms with Crippen LogP contribution in [0, 0.1) is 0 Å². The summed E-state index contributed by atoms with van der Waals surface area (Å²) in [5, 5.41) is 0. The third kappa shape index (κ3) is 59.9. The zero-order valence-electron chi connectivity index (χ0n) is 48.7. The molecule has 6 nitrogen and oxygen atoms in total. The van der Waals surface area contributed by atoms with Gasteiger partial charge in [0.1, 0.15) is 13.2 Å². The Balaban J connectivity index is 4.41. The lowest BCUT2D eigenvalue weighted by molar-refractivity contribution is -0.167. The highest BCUT2D eigenvalue weighted by Crippen LogP contribution is 2.17. The predicted octanol–water partition coefficient (Wildman–Crippen LogP) is 21.6. The van der Waals surface area contributed by atoms with Crippen molar-refractivity contribution >= 4 is 17.9 Å². The minimum atomic E-state index is -0.788.